The molecule has 0 radical (unpaired) electrons. The highest BCUT2D eigenvalue weighted by Gasteiger charge is 2.17. The first kappa shape index (κ1) is 6.67. The van der Waals surface area contributed by atoms with Gasteiger partial charge in [0.15, 0.2) is 12.0 Å². The molecule has 1 aromatic heterocycles. The highest BCUT2D eigenvalue weighted by Crippen LogP contribution is 2.39. The third-order valence-electron chi connectivity index (χ3n) is 1.43. The molecule has 0 amide bonds. The van der Waals surface area contributed by atoms with Crippen molar-refractivity contribution >= 4 is 17.6 Å². The minimum atomic E-state index is 0.532. The third kappa shape index (κ3) is 0.991. The van der Waals surface area contributed by atoms with Gasteiger partial charge in [-0.2, -0.15) is 0 Å². The summed E-state index contributed by atoms with van der Waals surface area (Å²) in [4.78, 5) is 10.4. The first-order valence-corrected chi connectivity index (χ1v) is 4.12. The Morgan fingerprint density at radius 1 is 1.45 bits per heavy atom. The van der Waals surface area contributed by atoms with E-state index in [1.165, 1.54) is 11.3 Å². The van der Waals surface area contributed by atoms with E-state index < -0.39 is 0 Å². The molecule has 0 aromatic carbocycles. The van der Waals surface area contributed by atoms with Crippen molar-refractivity contribution in [2.75, 3.05) is 13.2 Å². The number of hydrogen-bond donors (Lipinski definition) is 0. The van der Waals surface area contributed by atoms with Crippen molar-refractivity contribution in [2.24, 2.45) is 0 Å². The van der Waals surface area contributed by atoms with E-state index in [1.54, 1.807) is 5.38 Å². The van der Waals surface area contributed by atoms with Gasteiger partial charge in [0.05, 0.1) is 5.56 Å². The van der Waals surface area contributed by atoms with Gasteiger partial charge in [-0.1, -0.05) is 0 Å². The molecule has 11 heavy (non-hydrogen) atoms. The van der Waals surface area contributed by atoms with E-state index in [2.05, 4.69) is 0 Å². The van der Waals surface area contributed by atoms with Crippen LogP contribution in [0.15, 0.2) is 5.38 Å². The van der Waals surface area contributed by atoms with E-state index in [-0.39, 0.29) is 0 Å². The molecule has 0 N–H and O–H groups in total. The second-order valence-corrected chi connectivity index (χ2v) is 2.96. The van der Waals surface area contributed by atoms with Crippen LogP contribution >= 0.6 is 11.3 Å². The molecule has 1 aromatic rings. The molecule has 0 unspecified atom stereocenters. The van der Waals surface area contributed by atoms with Crippen molar-refractivity contribution in [1.29, 1.82) is 0 Å². The van der Waals surface area contributed by atoms with Crippen LogP contribution in [-0.4, -0.2) is 19.5 Å². The first-order chi connectivity index (χ1) is 5.42. The van der Waals surface area contributed by atoms with Crippen LogP contribution in [-0.2, 0) is 0 Å². The molecule has 0 saturated heterocycles. The average Bonchev–Trinajstić information content (AvgIpc) is 2.47. The summed E-state index contributed by atoms with van der Waals surface area (Å²) in [5.41, 5.74) is 0.588. The molecule has 1 aliphatic rings. The van der Waals surface area contributed by atoms with Crippen LogP contribution in [0.1, 0.15) is 10.4 Å². The van der Waals surface area contributed by atoms with Gasteiger partial charge in [0, 0.05) is 5.38 Å². The maximum Gasteiger partial charge on any atom is 0.217 e. The molecule has 2 heterocycles. The van der Waals surface area contributed by atoms with E-state index in [0.717, 1.165) is 11.3 Å². The number of fused-ring (bicyclic) bond motifs is 1. The molecule has 0 fully saturated rings. The fraction of sp³-hybridized carbons (Fsp3) is 0.286. The Balaban J connectivity index is 2.45. The van der Waals surface area contributed by atoms with Gasteiger partial charge in [-0.05, 0) is 0 Å². The Morgan fingerprint density at radius 3 is 3.09 bits per heavy atom. The number of aldehydes is 1. The minimum absolute atomic E-state index is 0.532. The molecule has 0 bridgehead atoms. The first-order valence-electron chi connectivity index (χ1n) is 3.24. The van der Waals surface area contributed by atoms with Gasteiger partial charge in [-0.3, -0.25) is 4.79 Å². The Kier molecular flexibility index (Phi) is 1.54. The van der Waals surface area contributed by atoms with E-state index in [0.29, 0.717) is 24.5 Å². The zero-order chi connectivity index (χ0) is 7.68. The van der Waals surface area contributed by atoms with Gasteiger partial charge in [0.25, 0.3) is 0 Å². The summed E-state index contributed by atoms with van der Waals surface area (Å²) in [7, 11) is 0. The van der Waals surface area contributed by atoms with Crippen molar-refractivity contribution < 1.29 is 14.3 Å². The predicted octanol–water partition coefficient (Wildman–Crippen LogP) is 1.33. The van der Waals surface area contributed by atoms with Crippen LogP contribution in [0.4, 0.5) is 0 Å². The summed E-state index contributed by atoms with van der Waals surface area (Å²) < 4.78 is 10.5. The SMILES string of the molecule is O=Cc1csc2c1OCCO2. The third-order valence-corrected chi connectivity index (χ3v) is 2.32. The van der Waals surface area contributed by atoms with Crippen molar-refractivity contribution in [1.82, 2.24) is 0 Å². The van der Waals surface area contributed by atoms with Gasteiger partial charge in [0.2, 0.25) is 5.06 Å². The molecule has 3 nitrogen and oxygen atoms in total. The van der Waals surface area contributed by atoms with Crippen LogP contribution in [0.2, 0.25) is 0 Å². The van der Waals surface area contributed by atoms with Crippen molar-refractivity contribution in [3.8, 4) is 10.8 Å². The van der Waals surface area contributed by atoms with Crippen molar-refractivity contribution in [3.63, 3.8) is 0 Å². The summed E-state index contributed by atoms with van der Waals surface area (Å²) in [5.74, 6) is 0.608. The Morgan fingerprint density at radius 2 is 2.27 bits per heavy atom. The summed E-state index contributed by atoms with van der Waals surface area (Å²) in [5, 5.41) is 2.46. The number of carbonyl (C=O) groups is 1. The van der Waals surface area contributed by atoms with Gasteiger partial charge in [-0.25, -0.2) is 0 Å². The van der Waals surface area contributed by atoms with Gasteiger partial charge >= 0.3 is 0 Å². The maximum atomic E-state index is 10.4. The second kappa shape index (κ2) is 2.54. The zero-order valence-corrected chi connectivity index (χ0v) is 6.52. The monoisotopic (exact) mass is 170 g/mol. The molecular weight excluding hydrogens is 164 g/mol. The zero-order valence-electron chi connectivity index (χ0n) is 5.70. The van der Waals surface area contributed by atoms with E-state index in [1.807, 2.05) is 0 Å². The Labute approximate surface area is 67.5 Å². The van der Waals surface area contributed by atoms with Gasteiger partial charge in [0.1, 0.15) is 13.2 Å². The lowest BCUT2D eigenvalue weighted by Gasteiger charge is -2.14. The fourth-order valence-corrected chi connectivity index (χ4v) is 1.77. The maximum absolute atomic E-state index is 10.4. The van der Waals surface area contributed by atoms with Crippen LogP contribution < -0.4 is 9.47 Å². The summed E-state index contributed by atoms with van der Waals surface area (Å²) in [6.07, 6.45) is 0.782. The van der Waals surface area contributed by atoms with Crippen LogP contribution in [0.5, 0.6) is 10.8 Å². The summed E-state index contributed by atoms with van der Waals surface area (Å²) >= 11 is 1.40. The van der Waals surface area contributed by atoms with Gasteiger partial charge in [-0.15, -0.1) is 11.3 Å². The standard InChI is InChI=1S/C7H6O3S/c8-3-5-4-11-7-6(5)9-1-2-10-7/h3-4H,1-2H2. The molecule has 58 valence electrons. The lowest BCUT2D eigenvalue weighted by molar-refractivity contribution is 0.111. The molecule has 2 rings (SSSR count). The molecule has 0 spiro atoms. The number of ether oxygens (including phenoxy) is 2. The number of thiophene rings is 1. The number of hydrogen-bond acceptors (Lipinski definition) is 4. The predicted molar refractivity (Wildman–Crippen MR) is 40.7 cm³/mol. The van der Waals surface area contributed by atoms with E-state index in [9.17, 15) is 4.79 Å². The Bertz CT molecular complexity index is 279. The van der Waals surface area contributed by atoms with E-state index >= 15 is 0 Å². The summed E-state index contributed by atoms with van der Waals surface area (Å²) in [6.45, 7) is 1.11. The average molecular weight is 170 g/mol. The van der Waals surface area contributed by atoms with Crippen LogP contribution in [0.3, 0.4) is 0 Å². The molecule has 0 saturated carbocycles. The Hall–Kier alpha value is -1.03. The highest BCUT2D eigenvalue weighted by molar-refractivity contribution is 7.12. The van der Waals surface area contributed by atoms with Crippen molar-refractivity contribution in [2.45, 2.75) is 0 Å². The van der Waals surface area contributed by atoms with Crippen LogP contribution in [0.25, 0.3) is 0 Å². The van der Waals surface area contributed by atoms with Crippen LogP contribution in [0, 0.1) is 0 Å². The number of carbonyl (C=O) groups excluding carboxylic acids is 1. The molecule has 0 atom stereocenters. The van der Waals surface area contributed by atoms with E-state index in [4.69, 9.17) is 9.47 Å². The number of rotatable bonds is 1. The van der Waals surface area contributed by atoms with Gasteiger partial charge < -0.3 is 9.47 Å². The summed E-state index contributed by atoms with van der Waals surface area (Å²) in [6, 6.07) is 0. The molecule has 0 aliphatic carbocycles. The molecular formula is C7H6O3S. The lowest BCUT2D eigenvalue weighted by atomic mass is 10.3. The topological polar surface area (TPSA) is 35.5 Å². The molecule has 1 aliphatic heterocycles. The molecule has 4 heteroatoms. The normalized spacial score (nSPS) is 14.5. The largest absolute Gasteiger partial charge is 0.484 e. The quantitative estimate of drug-likeness (QED) is 0.596. The smallest absolute Gasteiger partial charge is 0.217 e. The lowest BCUT2D eigenvalue weighted by Crippen LogP contribution is -2.14. The highest BCUT2D eigenvalue weighted by atomic mass is 32.1. The minimum Gasteiger partial charge on any atom is -0.484 e. The van der Waals surface area contributed by atoms with Crippen molar-refractivity contribution in [3.05, 3.63) is 10.9 Å². The fourth-order valence-electron chi connectivity index (χ4n) is 0.943. The second-order valence-electron chi connectivity index (χ2n) is 2.12.